The van der Waals surface area contributed by atoms with Crippen LogP contribution in [0, 0.1) is 11.3 Å². The summed E-state index contributed by atoms with van der Waals surface area (Å²) in [5.74, 6) is -6.52. The first kappa shape index (κ1) is 16.3. The molecule has 0 bridgehead atoms. The Morgan fingerprint density at radius 2 is 2.25 bits per heavy atom. The summed E-state index contributed by atoms with van der Waals surface area (Å²) in [4.78, 5) is 11.2. The number of aromatic hydroxyl groups is 1. The molecule has 0 unspecified atom stereocenters. The smallest absolute Gasteiger partial charge is 0.379 e. The van der Waals surface area contributed by atoms with Crippen LogP contribution in [0.3, 0.4) is 0 Å². The first-order valence-electron chi connectivity index (χ1n) is 5.49. The van der Waals surface area contributed by atoms with Crippen molar-refractivity contribution in [2.75, 3.05) is 6.61 Å². The molecule has 108 valence electrons. The van der Waals surface area contributed by atoms with E-state index in [0.717, 1.165) is 0 Å². The minimum absolute atomic E-state index is 0.0606. The molecule has 20 heavy (non-hydrogen) atoms. The molecule has 0 aliphatic carbocycles. The summed E-state index contributed by atoms with van der Waals surface area (Å²) in [5, 5.41) is 18.6. The highest BCUT2D eigenvalue weighted by atomic mass is 79.9. The Hall–Kier alpha value is -1.72. The summed E-state index contributed by atoms with van der Waals surface area (Å²) < 4.78 is 32.0. The molecule has 1 rings (SSSR count). The number of nitrogens with two attached hydrogens (primary N) is 1. The lowest BCUT2D eigenvalue weighted by Gasteiger charge is -2.23. The monoisotopic (exact) mass is 348 g/mol. The van der Waals surface area contributed by atoms with Crippen molar-refractivity contribution in [2.45, 2.75) is 18.9 Å². The molecule has 1 aromatic rings. The fraction of sp³-hybridized carbons (Fsp3) is 0.333. The largest absolute Gasteiger partial charge is 0.506 e. The van der Waals surface area contributed by atoms with E-state index in [-0.39, 0.29) is 16.6 Å². The minimum Gasteiger partial charge on any atom is -0.506 e. The molecule has 0 aliphatic rings. The predicted octanol–water partition coefficient (Wildman–Crippen LogP) is 2.22. The van der Waals surface area contributed by atoms with Crippen molar-refractivity contribution in [1.82, 2.24) is 0 Å². The molecule has 5 nitrogen and oxygen atoms in total. The molecular formula is C12H11BrF2N2O3. The van der Waals surface area contributed by atoms with Crippen LogP contribution in [0.25, 0.3) is 0 Å². The van der Waals surface area contributed by atoms with Crippen molar-refractivity contribution in [3.8, 4) is 11.8 Å². The number of alkyl halides is 2. The number of benzene rings is 1. The molecule has 0 saturated heterocycles. The van der Waals surface area contributed by atoms with Gasteiger partial charge in [0, 0.05) is 10.0 Å². The van der Waals surface area contributed by atoms with E-state index in [4.69, 9.17) is 11.0 Å². The Morgan fingerprint density at radius 1 is 1.65 bits per heavy atom. The van der Waals surface area contributed by atoms with Crippen LogP contribution in [0.15, 0.2) is 16.6 Å². The normalized spacial score (nSPS) is 12.6. The van der Waals surface area contributed by atoms with Gasteiger partial charge >= 0.3 is 11.9 Å². The zero-order valence-corrected chi connectivity index (χ0v) is 11.9. The second-order valence-corrected chi connectivity index (χ2v) is 4.64. The Morgan fingerprint density at radius 3 is 2.75 bits per heavy atom. The van der Waals surface area contributed by atoms with Crippen molar-refractivity contribution in [1.29, 1.82) is 5.26 Å². The molecule has 1 atom stereocenters. The Balaban J connectivity index is 3.31. The van der Waals surface area contributed by atoms with E-state index in [1.807, 2.05) is 0 Å². The van der Waals surface area contributed by atoms with E-state index < -0.39 is 29.2 Å². The van der Waals surface area contributed by atoms with Gasteiger partial charge in [-0.2, -0.15) is 14.0 Å². The maximum atomic E-state index is 13.9. The third-order valence-corrected chi connectivity index (χ3v) is 3.23. The van der Waals surface area contributed by atoms with Crippen LogP contribution in [0.1, 0.15) is 24.1 Å². The second-order valence-electron chi connectivity index (χ2n) is 3.79. The third kappa shape index (κ3) is 2.89. The van der Waals surface area contributed by atoms with Crippen LogP contribution in [-0.4, -0.2) is 23.6 Å². The van der Waals surface area contributed by atoms with Gasteiger partial charge in [-0.05, 0) is 19.1 Å². The summed E-state index contributed by atoms with van der Waals surface area (Å²) in [6.07, 6.45) is 0. The number of hydrogen-bond acceptors (Lipinski definition) is 5. The fourth-order valence-corrected chi connectivity index (χ4v) is 2.07. The maximum Gasteiger partial charge on any atom is 0.379 e. The van der Waals surface area contributed by atoms with E-state index in [2.05, 4.69) is 20.7 Å². The fourth-order valence-electron chi connectivity index (χ4n) is 1.51. The van der Waals surface area contributed by atoms with Gasteiger partial charge in [-0.25, -0.2) is 4.79 Å². The molecule has 0 aromatic heterocycles. The number of phenols is 1. The highest BCUT2D eigenvalue weighted by Gasteiger charge is 2.49. The molecule has 0 spiro atoms. The van der Waals surface area contributed by atoms with E-state index in [9.17, 15) is 18.7 Å². The molecular weight excluding hydrogens is 338 g/mol. The van der Waals surface area contributed by atoms with Crippen LogP contribution in [0.5, 0.6) is 5.75 Å². The number of nitrogens with zero attached hydrogens (tertiary/aromatic N) is 1. The van der Waals surface area contributed by atoms with Crippen LogP contribution >= 0.6 is 15.9 Å². The topological polar surface area (TPSA) is 96.3 Å². The zero-order chi connectivity index (χ0) is 15.5. The van der Waals surface area contributed by atoms with Crippen molar-refractivity contribution in [3.05, 3.63) is 27.7 Å². The molecule has 0 radical (unpaired) electrons. The third-order valence-electron chi connectivity index (χ3n) is 2.53. The van der Waals surface area contributed by atoms with E-state index >= 15 is 0 Å². The van der Waals surface area contributed by atoms with Gasteiger partial charge in [-0.3, -0.25) is 0 Å². The quantitative estimate of drug-likeness (QED) is 0.813. The molecule has 3 N–H and O–H groups in total. The van der Waals surface area contributed by atoms with E-state index in [1.54, 1.807) is 6.07 Å². The number of esters is 1. The van der Waals surface area contributed by atoms with Crippen molar-refractivity contribution in [2.24, 2.45) is 5.73 Å². The van der Waals surface area contributed by atoms with Gasteiger partial charge in [0.25, 0.3) is 0 Å². The van der Waals surface area contributed by atoms with Gasteiger partial charge in [0.05, 0.1) is 12.2 Å². The minimum atomic E-state index is -4.04. The molecule has 1 aromatic carbocycles. The summed E-state index contributed by atoms with van der Waals surface area (Å²) >= 11 is 2.96. The van der Waals surface area contributed by atoms with Crippen LogP contribution in [-0.2, 0) is 9.53 Å². The number of phenolic OH excluding ortho intramolecular Hbond substituents is 1. The van der Waals surface area contributed by atoms with Gasteiger partial charge in [0.15, 0.2) is 0 Å². The summed E-state index contributed by atoms with van der Waals surface area (Å²) in [7, 11) is 0. The average Bonchev–Trinajstić information content (AvgIpc) is 2.39. The van der Waals surface area contributed by atoms with Crippen LogP contribution < -0.4 is 5.73 Å². The molecule has 0 aliphatic heterocycles. The van der Waals surface area contributed by atoms with E-state index in [1.165, 1.54) is 19.1 Å². The van der Waals surface area contributed by atoms with Gasteiger partial charge in [-0.1, -0.05) is 15.9 Å². The Bertz CT molecular complexity index is 573. The SMILES string of the molecule is CCOC(=O)C(F)(F)[C@@H](N)c1c(Br)ccc(C#N)c1O. The number of rotatable bonds is 4. The van der Waals surface area contributed by atoms with Gasteiger partial charge in [0.2, 0.25) is 0 Å². The summed E-state index contributed by atoms with van der Waals surface area (Å²) in [5.41, 5.74) is 4.73. The standard InChI is InChI=1S/C12H11BrF2N2O3/c1-2-20-11(19)12(14,15)10(17)8-7(13)4-3-6(5-16)9(8)18/h3-4,10,18H,2,17H2,1H3/t10-/m0/s1. The number of ether oxygens (including phenoxy) is 1. The van der Waals surface area contributed by atoms with Crippen molar-refractivity contribution < 1.29 is 23.4 Å². The number of carbonyl (C=O) groups excluding carboxylic acids is 1. The number of carbonyl (C=O) groups is 1. The Kier molecular flexibility index (Phi) is 5.03. The lowest BCUT2D eigenvalue weighted by Crippen LogP contribution is -2.42. The maximum absolute atomic E-state index is 13.9. The molecule has 0 saturated carbocycles. The van der Waals surface area contributed by atoms with Crippen LogP contribution in [0.2, 0.25) is 0 Å². The highest BCUT2D eigenvalue weighted by Crippen LogP contribution is 2.40. The number of halogens is 3. The van der Waals surface area contributed by atoms with Gasteiger partial charge < -0.3 is 15.6 Å². The highest BCUT2D eigenvalue weighted by molar-refractivity contribution is 9.10. The number of hydrogen-bond donors (Lipinski definition) is 2. The first-order valence-corrected chi connectivity index (χ1v) is 6.28. The zero-order valence-electron chi connectivity index (χ0n) is 10.4. The average molecular weight is 349 g/mol. The van der Waals surface area contributed by atoms with Gasteiger partial charge in [0.1, 0.15) is 17.9 Å². The lowest BCUT2D eigenvalue weighted by atomic mass is 9.98. The molecule has 0 amide bonds. The first-order chi connectivity index (χ1) is 9.27. The predicted molar refractivity (Wildman–Crippen MR) is 69.0 cm³/mol. The second kappa shape index (κ2) is 6.15. The lowest BCUT2D eigenvalue weighted by molar-refractivity contribution is -0.174. The number of nitriles is 1. The van der Waals surface area contributed by atoms with E-state index in [0.29, 0.717) is 0 Å². The summed E-state index contributed by atoms with van der Waals surface area (Å²) in [6.45, 7) is 1.15. The van der Waals surface area contributed by atoms with Crippen molar-refractivity contribution >= 4 is 21.9 Å². The molecule has 0 fully saturated rings. The van der Waals surface area contributed by atoms with Crippen LogP contribution in [0.4, 0.5) is 8.78 Å². The molecule has 0 heterocycles. The molecule has 8 heteroatoms. The van der Waals surface area contributed by atoms with Crippen molar-refractivity contribution in [3.63, 3.8) is 0 Å². The Labute approximate surface area is 122 Å². The summed E-state index contributed by atoms with van der Waals surface area (Å²) in [6, 6.07) is 2.01. The van der Waals surface area contributed by atoms with Gasteiger partial charge in [-0.15, -0.1) is 0 Å².